The summed E-state index contributed by atoms with van der Waals surface area (Å²) in [6.45, 7) is 8.84. The molecule has 0 aromatic heterocycles. The van der Waals surface area contributed by atoms with E-state index < -0.39 is 0 Å². The van der Waals surface area contributed by atoms with Gasteiger partial charge in [0, 0.05) is 6.04 Å². The van der Waals surface area contributed by atoms with Crippen molar-refractivity contribution in [2.24, 2.45) is 11.3 Å². The average Bonchev–Trinajstić information content (AvgIpc) is 2.35. The van der Waals surface area contributed by atoms with E-state index in [1.165, 1.54) is 26.4 Å². The third kappa shape index (κ3) is 3.71. The first-order valence-electron chi connectivity index (χ1n) is 7.26. The smallest absolute Gasteiger partial charge is 0.323 e. The van der Waals surface area contributed by atoms with Gasteiger partial charge in [-0.2, -0.15) is 0 Å². The van der Waals surface area contributed by atoms with Crippen molar-refractivity contribution in [2.45, 2.75) is 71.9 Å². The number of carbonyl (C=O) groups is 1. The molecule has 0 aromatic carbocycles. The maximum absolute atomic E-state index is 11.9. The summed E-state index contributed by atoms with van der Waals surface area (Å²) in [5.74, 6) is 0.195. The molecule has 0 radical (unpaired) electrons. The quantitative estimate of drug-likeness (QED) is 0.767. The van der Waals surface area contributed by atoms with Crippen LogP contribution in [0, 0.1) is 11.3 Å². The summed E-state index contributed by atoms with van der Waals surface area (Å²) in [4.78, 5) is 11.9. The second-order valence-electron chi connectivity index (χ2n) is 6.34. The van der Waals surface area contributed by atoms with E-state index in [0.717, 1.165) is 12.8 Å². The Morgan fingerprint density at radius 1 is 1.44 bits per heavy atom. The largest absolute Gasteiger partial charge is 0.468 e. The van der Waals surface area contributed by atoms with Crippen molar-refractivity contribution in [3.05, 3.63) is 0 Å². The van der Waals surface area contributed by atoms with Crippen molar-refractivity contribution in [1.82, 2.24) is 5.32 Å². The van der Waals surface area contributed by atoms with Gasteiger partial charge in [-0.1, -0.05) is 47.0 Å². The van der Waals surface area contributed by atoms with Crippen LogP contribution in [0.2, 0.25) is 0 Å². The second kappa shape index (κ2) is 6.55. The molecule has 3 nitrogen and oxygen atoms in total. The van der Waals surface area contributed by atoms with Gasteiger partial charge in [0.25, 0.3) is 0 Å². The zero-order valence-electron chi connectivity index (χ0n) is 12.6. The maximum atomic E-state index is 11.9. The molecule has 1 aliphatic rings. The van der Waals surface area contributed by atoms with Crippen molar-refractivity contribution in [3.63, 3.8) is 0 Å². The van der Waals surface area contributed by atoms with Gasteiger partial charge in [0.1, 0.15) is 6.04 Å². The first kappa shape index (κ1) is 15.5. The molecule has 0 spiro atoms. The maximum Gasteiger partial charge on any atom is 0.323 e. The fourth-order valence-corrected chi connectivity index (χ4v) is 2.85. The Hall–Kier alpha value is -0.570. The predicted octanol–water partition coefficient (Wildman–Crippen LogP) is 3.13. The number of hydrogen-bond acceptors (Lipinski definition) is 3. The molecule has 0 aromatic rings. The number of nitrogens with one attached hydrogen (secondary N) is 1. The number of hydrogen-bond donors (Lipinski definition) is 1. The zero-order chi connectivity index (χ0) is 13.8. The van der Waals surface area contributed by atoms with Gasteiger partial charge in [0.2, 0.25) is 0 Å². The highest BCUT2D eigenvalue weighted by Gasteiger charge is 2.36. The lowest BCUT2D eigenvalue weighted by Gasteiger charge is -2.41. The molecule has 106 valence electrons. The zero-order valence-corrected chi connectivity index (χ0v) is 12.6. The number of methoxy groups -OCH3 is 1. The highest BCUT2D eigenvalue weighted by Crippen LogP contribution is 2.36. The fraction of sp³-hybridized carbons (Fsp3) is 0.933. The molecule has 3 unspecified atom stereocenters. The minimum absolute atomic E-state index is 0.120. The Morgan fingerprint density at radius 2 is 2.11 bits per heavy atom. The fourth-order valence-electron chi connectivity index (χ4n) is 2.85. The lowest BCUT2D eigenvalue weighted by atomic mass is 9.73. The molecule has 1 saturated carbocycles. The second-order valence-corrected chi connectivity index (χ2v) is 6.34. The lowest BCUT2D eigenvalue weighted by Crippen LogP contribution is -2.53. The molecule has 3 atom stereocenters. The molecule has 0 aliphatic heterocycles. The van der Waals surface area contributed by atoms with E-state index in [1.807, 2.05) is 0 Å². The van der Waals surface area contributed by atoms with E-state index in [0.29, 0.717) is 12.0 Å². The topological polar surface area (TPSA) is 38.3 Å². The number of carbonyl (C=O) groups excluding carboxylic acids is 1. The third-order valence-corrected chi connectivity index (χ3v) is 4.56. The Morgan fingerprint density at radius 3 is 2.61 bits per heavy atom. The Bertz CT molecular complexity index is 276. The van der Waals surface area contributed by atoms with Crippen LogP contribution in [0.15, 0.2) is 0 Å². The molecule has 0 heterocycles. The van der Waals surface area contributed by atoms with Crippen LogP contribution in [0.1, 0.15) is 59.8 Å². The van der Waals surface area contributed by atoms with Crippen molar-refractivity contribution >= 4 is 5.97 Å². The molecule has 0 bridgehead atoms. The molecule has 0 amide bonds. The number of ether oxygens (including phenoxy) is 1. The molecule has 3 heteroatoms. The normalized spacial score (nSPS) is 26.4. The highest BCUT2D eigenvalue weighted by atomic mass is 16.5. The van der Waals surface area contributed by atoms with E-state index in [2.05, 4.69) is 33.0 Å². The summed E-state index contributed by atoms with van der Waals surface area (Å²) in [5, 5.41) is 3.57. The molecule has 1 rings (SSSR count). The van der Waals surface area contributed by atoms with Gasteiger partial charge in [0.05, 0.1) is 7.11 Å². The van der Waals surface area contributed by atoms with Gasteiger partial charge < -0.3 is 10.1 Å². The van der Waals surface area contributed by atoms with Crippen LogP contribution in [0.4, 0.5) is 0 Å². The van der Waals surface area contributed by atoms with Crippen molar-refractivity contribution in [3.8, 4) is 0 Å². The van der Waals surface area contributed by atoms with Crippen LogP contribution in [0.3, 0.4) is 0 Å². The minimum Gasteiger partial charge on any atom is -0.468 e. The molecule has 1 N–H and O–H groups in total. The van der Waals surface area contributed by atoms with Crippen LogP contribution >= 0.6 is 0 Å². The van der Waals surface area contributed by atoms with E-state index in [-0.39, 0.29) is 17.4 Å². The first-order valence-corrected chi connectivity index (χ1v) is 7.26. The van der Waals surface area contributed by atoms with Crippen LogP contribution in [0.5, 0.6) is 0 Å². The summed E-state index contributed by atoms with van der Waals surface area (Å²) >= 11 is 0. The Labute approximate surface area is 112 Å². The van der Waals surface area contributed by atoms with Crippen molar-refractivity contribution in [2.75, 3.05) is 7.11 Å². The third-order valence-electron chi connectivity index (χ3n) is 4.56. The minimum atomic E-state index is -0.164. The summed E-state index contributed by atoms with van der Waals surface area (Å²) in [6.07, 6.45) is 5.95. The molecule has 18 heavy (non-hydrogen) atoms. The monoisotopic (exact) mass is 255 g/mol. The SMILES string of the molecule is CCC(C)C(NC1CCCCC1(C)C)C(=O)OC. The summed E-state index contributed by atoms with van der Waals surface area (Å²) < 4.78 is 4.94. The molecule has 1 fully saturated rings. The van der Waals surface area contributed by atoms with E-state index >= 15 is 0 Å². The van der Waals surface area contributed by atoms with Gasteiger partial charge in [-0.15, -0.1) is 0 Å². The number of esters is 1. The van der Waals surface area contributed by atoms with Crippen molar-refractivity contribution < 1.29 is 9.53 Å². The average molecular weight is 255 g/mol. The van der Waals surface area contributed by atoms with E-state index in [4.69, 9.17) is 4.74 Å². The van der Waals surface area contributed by atoms with E-state index in [9.17, 15) is 4.79 Å². The number of rotatable bonds is 5. The summed E-state index contributed by atoms with van der Waals surface area (Å²) in [6, 6.07) is 0.256. The van der Waals surface area contributed by atoms with Crippen molar-refractivity contribution in [1.29, 1.82) is 0 Å². The lowest BCUT2D eigenvalue weighted by molar-refractivity contribution is -0.145. The van der Waals surface area contributed by atoms with Crippen LogP contribution in [0.25, 0.3) is 0 Å². The van der Waals surface area contributed by atoms with Crippen LogP contribution < -0.4 is 5.32 Å². The predicted molar refractivity (Wildman–Crippen MR) is 74.4 cm³/mol. The van der Waals surface area contributed by atoms with Gasteiger partial charge in [0.15, 0.2) is 0 Å². The summed E-state index contributed by atoms with van der Waals surface area (Å²) in [5.41, 5.74) is 0.276. The first-order chi connectivity index (χ1) is 8.42. The highest BCUT2D eigenvalue weighted by molar-refractivity contribution is 5.76. The molecule has 0 saturated heterocycles. The van der Waals surface area contributed by atoms with Crippen LogP contribution in [-0.4, -0.2) is 25.2 Å². The van der Waals surface area contributed by atoms with Gasteiger partial charge in [-0.25, -0.2) is 0 Å². The Kier molecular flexibility index (Phi) is 5.64. The standard InChI is InChI=1S/C15H29NO2/c1-6-11(2)13(14(17)18-5)16-12-9-7-8-10-15(12,3)4/h11-13,16H,6-10H2,1-5H3. The van der Waals surface area contributed by atoms with Gasteiger partial charge in [-0.3, -0.25) is 4.79 Å². The molecular formula is C15H29NO2. The van der Waals surface area contributed by atoms with Gasteiger partial charge in [-0.05, 0) is 24.2 Å². The summed E-state index contributed by atoms with van der Waals surface area (Å²) in [7, 11) is 1.48. The molecular weight excluding hydrogens is 226 g/mol. The van der Waals surface area contributed by atoms with Crippen LogP contribution in [-0.2, 0) is 9.53 Å². The molecule has 1 aliphatic carbocycles. The van der Waals surface area contributed by atoms with E-state index in [1.54, 1.807) is 0 Å². The Balaban J connectivity index is 2.72. The van der Waals surface area contributed by atoms with Gasteiger partial charge >= 0.3 is 5.97 Å².